The van der Waals surface area contributed by atoms with Crippen molar-refractivity contribution in [3.8, 4) is 0 Å². The molecule has 1 unspecified atom stereocenters. The number of hydrogen-bond acceptors (Lipinski definition) is 4. The summed E-state index contributed by atoms with van der Waals surface area (Å²) >= 11 is 0. The molecule has 5 heteroatoms. The van der Waals surface area contributed by atoms with Crippen molar-refractivity contribution in [1.82, 2.24) is 15.3 Å². The van der Waals surface area contributed by atoms with Gasteiger partial charge >= 0.3 is 5.97 Å². The molecule has 0 aliphatic carbocycles. The van der Waals surface area contributed by atoms with Gasteiger partial charge in [-0.3, -0.25) is 0 Å². The summed E-state index contributed by atoms with van der Waals surface area (Å²) in [6.45, 7) is 2.49. The average Bonchev–Trinajstić information content (AvgIpc) is 2.49. The standard InChI is InChI=1S/C15H17N3O2/c1-2-13(11-6-4-3-5-7-11)17-9-14-12(15(19)20)8-16-10-18-14/h3-8,10,13,17H,2,9H2,1H3,(H,19,20). The lowest BCUT2D eigenvalue weighted by molar-refractivity contribution is 0.0694. The van der Waals surface area contributed by atoms with Crippen molar-refractivity contribution in [1.29, 1.82) is 0 Å². The Morgan fingerprint density at radius 2 is 2.10 bits per heavy atom. The van der Waals surface area contributed by atoms with Gasteiger partial charge in [0.05, 0.1) is 5.69 Å². The van der Waals surface area contributed by atoms with Crippen molar-refractivity contribution >= 4 is 5.97 Å². The third kappa shape index (κ3) is 3.39. The van der Waals surface area contributed by atoms with Gasteiger partial charge in [0, 0.05) is 18.8 Å². The van der Waals surface area contributed by atoms with Crippen LogP contribution in [0.25, 0.3) is 0 Å². The van der Waals surface area contributed by atoms with Gasteiger partial charge in [0.15, 0.2) is 0 Å². The van der Waals surface area contributed by atoms with Gasteiger partial charge in [-0.2, -0.15) is 0 Å². The van der Waals surface area contributed by atoms with Gasteiger partial charge in [0.2, 0.25) is 0 Å². The van der Waals surface area contributed by atoms with Crippen LogP contribution in [0.3, 0.4) is 0 Å². The molecule has 2 N–H and O–H groups in total. The summed E-state index contributed by atoms with van der Waals surface area (Å²) in [6.07, 6.45) is 3.61. The van der Waals surface area contributed by atoms with Gasteiger partial charge in [-0.1, -0.05) is 37.3 Å². The molecule has 0 aliphatic rings. The van der Waals surface area contributed by atoms with E-state index in [1.165, 1.54) is 18.1 Å². The Labute approximate surface area is 117 Å². The van der Waals surface area contributed by atoms with Crippen LogP contribution >= 0.6 is 0 Å². The second-order valence-corrected chi connectivity index (χ2v) is 4.44. The fourth-order valence-electron chi connectivity index (χ4n) is 2.08. The molecule has 0 aliphatic heterocycles. The van der Waals surface area contributed by atoms with Crippen molar-refractivity contribution in [3.05, 3.63) is 59.7 Å². The number of nitrogens with one attached hydrogen (secondary N) is 1. The average molecular weight is 271 g/mol. The summed E-state index contributed by atoms with van der Waals surface area (Å²) in [7, 11) is 0. The number of aromatic carboxylic acids is 1. The Bertz CT molecular complexity index is 572. The molecule has 1 aromatic carbocycles. The highest BCUT2D eigenvalue weighted by Crippen LogP contribution is 2.16. The van der Waals surface area contributed by atoms with E-state index in [1.807, 2.05) is 18.2 Å². The molecule has 2 rings (SSSR count). The Kier molecular flexibility index (Phi) is 4.79. The fourth-order valence-corrected chi connectivity index (χ4v) is 2.08. The SMILES string of the molecule is CCC(NCc1ncncc1C(=O)O)c1ccccc1. The predicted octanol–water partition coefficient (Wildman–Crippen LogP) is 2.42. The topological polar surface area (TPSA) is 75.1 Å². The molecule has 0 radical (unpaired) electrons. The Morgan fingerprint density at radius 1 is 1.35 bits per heavy atom. The minimum absolute atomic E-state index is 0.142. The molecule has 0 saturated heterocycles. The van der Waals surface area contributed by atoms with Crippen molar-refractivity contribution in [2.75, 3.05) is 0 Å². The number of carboxylic acid groups (broad SMARTS) is 1. The van der Waals surface area contributed by atoms with Crippen LogP contribution in [0.1, 0.15) is 41.0 Å². The molecular formula is C15H17N3O2. The van der Waals surface area contributed by atoms with Crippen LogP contribution in [0, 0.1) is 0 Å². The van der Waals surface area contributed by atoms with Gasteiger partial charge in [-0.25, -0.2) is 14.8 Å². The van der Waals surface area contributed by atoms with E-state index in [0.29, 0.717) is 12.2 Å². The molecule has 0 bridgehead atoms. The van der Waals surface area contributed by atoms with E-state index >= 15 is 0 Å². The third-order valence-corrected chi connectivity index (χ3v) is 3.15. The van der Waals surface area contributed by atoms with E-state index in [0.717, 1.165) is 6.42 Å². The van der Waals surface area contributed by atoms with E-state index in [-0.39, 0.29) is 11.6 Å². The summed E-state index contributed by atoms with van der Waals surface area (Å²) in [5, 5.41) is 12.4. The summed E-state index contributed by atoms with van der Waals surface area (Å²) in [6, 6.07) is 10.2. The van der Waals surface area contributed by atoms with E-state index in [4.69, 9.17) is 5.11 Å². The predicted molar refractivity (Wildman–Crippen MR) is 75.3 cm³/mol. The first-order chi connectivity index (χ1) is 9.72. The van der Waals surface area contributed by atoms with Crippen LogP contribution < -0.4 is 5.32 Å². The number of rotatable bonds is 6. The normalized spacial score (nSPS) is 12.1. The van der Waals surface area contributed by atoms with Gasteiger partial charge in [-0.15, -0.1) is 0 Å². The number of carbonyl (C=O) groups is 1. The molecule has 5 nitrogen and oxygen atoms in total. The second-order valence-electron chi connectivity index (χ2n) is 4.44. The lowest BCUT2D eigenvalue weighted by Crippen LogP contribution is -2.22. The Hall–Kier alpha value is -2.27. The highest BCUT2D eigenvalue weighted by molar-refractivity contribution is 5.88. The van der Waals surface area contributed by atoms with Crippen LogP contribution in [-0.4, -0.2) is 21.0 Å². The first-order valence-electron chi connectivity index (χ1n) is 6.53. The third-order valence-electron chi connectivity index (χ3n) is 3.15. The molecule has 0 fully saturated rings. The lowest BCUT2D eigenvalue weighted by Gasteiger charge is -2.17. The summed E-state index contributed by atoms with van der Waals surface area (Å²) < 4.78 is 0. The summed E-state index contributed by atoms with van der Waals surface area (Å²) in [5.41, 5.74) is 1.82. The van der Waals surface area contributed by atoms with E-state index in [1.54, 1.807) is 0 Å². The molecule has 1 aromatic heterocycles. The maximum atomic E-state index is 11.1. The zero-order valence-electron chi connectivity index (χ0n) is 11.3. The lowest BCUT2D eigenvalue weighted by atomic mass is 10.0. The minimum atomic E-state index is -1.00. The van der Waals surface area contributed by atoms with Crippen LogP contribution in [0.5, 0.6) is 0 Å². The van der Waals surface area contributed by atoms with Crippen LogP contribution in [-0.2, 0) is 6.54 Å². The first-order valence-corrected chi connectivity index (χ1v) is 6.53. The minimum Gasteiger partial charge on any atom is -0.478 e. The first kappa shape index (κ1) is 14.1. The second kappa shape index (κ2) is 6.77. The van der Waals surface area contributed by atoms with Crippen molar-refractivity contribution in [2.45, 2.75) is 25.9 Å². The smallest absolute Gasteiger partial charge is 0.339 e. The van der Waals surface area contributed by atoms with Gasteiger partial charge in [-0.05, 0) is 12.0 Å². The Balaban J connectivity index is 2.10. The van der Waals surface area contributed by atoms with Gasteiger partial charge < -0.3 is 10.4 Å². The van der Waals surface area contributed by atoms with Crippen molar-refractivity contribution in [3.63, 3.8) is 0 Å². The van der Waals surface area contributed by atoms with Gasteiger partial charge in [0.1, 0.15) is 11.9 Å². The molecular weight excluding hydrogens is 254 g/mol. The number of hydrogen-bond donors (Lipinski definition) is 2. The maximum Gasteiger partial charge on any atom is 0.339 e. The van der Waals surface area contributed by atoms with Crippen LogP contribution in [0.2, 0.25) is 0 Å². The fraction of sp³-hybridized carbons (Fsp3) is 0.267. The van der Waals surface area contributed by atoms with Crippen molar-refractivity contribution in [2.24, 2.45) is 0 Å². The molecule has 0 saturated carbocycles. The summed E-state index contributed by atoms with van der Waals surface area (Å²) in [4.78, 5) is 18.9. The molecule has 104 valence electrons. The van der Waals surface area contributed by atoms with E-state index in [2.05, 4.69) is 34.3 Å². The molecule has 20 heavy (non-hydrogen) atoms. The zero-order valence-corrected chi connectivity index (χ0v) is 11.3. The van der Waals surface area contributed by atoms with E-state index in [9.17, 15) is 4.79 Å². The highest BCUT2D eigenvalue weighted by Gasteiger charge is 2.13. The Morgan fingerprint density at radius 3 is 2.75 bits per heavy atom. The number of carboxylic acids is 1. The molecule has 1 atom stereocenters. The van der Waals surface area contributed by atoms with Crippen LogP contribution in [0.15, 0.2) is 42.9 Å². The molecule has 2 aromatic rings. The number of nitrogens with zero attached hydrogens (tertiary/aromatic N) is 2. The quantitative estimate of drug-likeness (QED) is 0.844. The number of benzene rings is 1. The van der Waals surface area contributed by atoms with Crippen molar-refractivity contribution < 1.29 is 9.90 Å². The monoisotopic (exact) mass is 271 g/mol. The number of aromatic nitrogens is 2. The highest BCUT2D eigenvalue weighted by atomic mass is 16.4. The van der Waals surface area contributed by atoms with Gasteiger partial charge in [0.25, 0.3) is 0 Å². The zero-order chi connectivity index (χ0) is 14.4. The van der Waals surface area contributed by atoms with Crippen LogP contribution in [0.4, 0.5) is 0 Å². The molecule has 0 amide bonds. The molecule has 1 heterocycles. The molecule has 0 spiro atoms. The van der Waals surface area contributed by atoms with E-state index < -0.39 is 5.97 Å². The summed E-state index contributed by atoms with van der Waals surface area (Å²) in [5.74, 6) is -1.00. The largest absolute Gasteiger partial charge is 0.478 e. The maximum absolute atomic E-state index is 11.1.